The zero-order valence-corrected chi connectivity index (χ0v) is 8.29. The highest BCUT2D eigenvalue weighted by molar-refractivity contribution is 9.10. The van der Waals surface area contributed by atoms with Crippen molar-refractivity contribution < 1.29 is 4.39 Å². The Balaban J connectivity index is 2.50. The van der Waals surface area contributed by atoms with Crippen LogP contribution in [0.1, 0.15) is 4.88 Å². The molecule has 0 aliphatic rings. The molecule has 62 valence electrons. The Hall–Kier alpha value is 0.0700. The molecular formula is C7H9BrFNS. The van der Waals surface area contributed by atoms with Crippen LogP contribution < -0.4 is 5.73 Å². The van der Waals surface area contributed by atoms with Crippen molar-refractivity contribution in [2.75, 3.05) is 6.54 Å². The summed E-state index contributed by atoms with van der Waals surface area (Å²) in [5.74, 6) is 0. The van der Waals surface area contributed by atoms with Crippen LogP contribution in [0.5, 0.6) is 0 Å². The number of halogens is 2. The summed E-state index contributed by atoms with van der Waals surface area (Å²) < 4.78 is 13.7. The van der Waals surface area contributed by atoms with Crippen molar-refractivity contribution in [2.45, 2.75) is 12.6 Å². The van der Waals surface area contributed by atoms with E-state index in [1.807, 2.05) is 11.4 Å². The maximum absolute atomic E-state index is 12.7. The van der Waals surface area contributed by atoms with Crippen LogP contribution in [0.15, 0.2) is 15.9 Å². The minimum absolute atomic E-state index is 0.107. The second kappa shape index (κ2) is 4.18. The van der Waals surface area contributed by atoms with Gasteiger partial charge in [-0.3, -0.25) is 0 Å². The first-order valence-corrected chi connectivity index (χ1v) is 4.96. The van der Waals surface area contributed by atoms with E-state index >= 15 is 0 Å². The lowest BCUT2D eigenvalue weighted by Crippen LogP contribution is -2.16. The molecule has 4 heteroatoms. The third-order valence-corrected chi connectivity index (χ3v) is 3.02. The van der Waals surface area contributed by atoms with Crippen LogP contribution in [0.2, 0.25) is 0 Å². The molecular weight excluding hydrogens is 229 g/mol. The van der Waals surface area contributed by atoms with Gasteiger partial charge < -0.3 is 5.73 Å². The van der Waals surface area contributed by atoms with Gasteiger partial charge in [0.25, 0.3) is 0 Å². The lowest BCUT2D eigenvalue weighted by atomic mass is 10.2. The van der Waals surface area contributed by atoms with Gasteiger partial charge in [0.05, 0.1) is 0 Å². The molecule has 2 N–H and O–H groups in total. The Bertz CT molecular complexity index is 226. The molecule has 0 fully saturated rings. The predicted octanol–water partition coefficient (Wildman–Crippen LogP) is 2.35. The monoisotopic (exact) mass is 237 g/mol. The highest BCUT2D eigenvalue weighted by Crippen LogP contribution is 2.21. The fourth-order valence-corrected chi connectivity index (χ4v) is 2.27. The van der Waals surface area contributed by atoms with Gasteiger partial charge in [-0.1, -0.05) is 0 Å². The van der Waals surface area contributed by atoms with Gasteiger partial charge in [0.15, 0.2) is 0 Å². The third kappa shape index (κ3) is 2.89. The lowest BCUT2D eigenvalue weighted by molar-refractivity contribution is 0.342. The third-order valence-electron chi connectivity index (χ3n) is 1.30. The van der Waals surface area contributed by atoms with Crippen LogP contribution in [0.3, 0.4) is 0 Å². The summed E-state index contributed by atoms with van der Waals surface area (Å²) >= 11 is 4.85. The van der Waals surface area contributed by atoms with Crippen molar-refractivity contribution in [3.05, 3.63) is 20.8 Å². The van der Waals surface area contributed by atoms with Crippen LogP contribution in [-0.4, -0.2) is 12.7 Å². The van der Waals surface area contributed by atoms with Crippen molar-refractivity contribution >= 4 is 27.3 Å². The van der Waals surface area contributed by atoms with E-state index in [2.05, 4.69) is 15.9 Å². The van der Waals surface area contributed by atoms with E-state index in [1.54, 1.807) is 11.3 Å². The summed E-state index contributed by atoms with van der Waals surface area (Å²) in [7, 11) is 0. The molecule has 0 aromatic carbocycles. The first-order valence-electron chi connectivity index (χ1n) is 3.29. The Labute approximate surface area is 77.5 Å². The zero-order chi connectivity index (χ0) is 8.27. The number of hydrogen-bond acceptors (Lipinski definition) is 2. The molecule has 0 spiro atoms. The highest BCUT2D eigenvalue weighted by atomic mass is 79.9. The summed E-state index contributed by atoms with van der Waals surface area (Å²) in [6.07, 6.45) is -0.465. The van der Waals surface area contributed by atoms with Gasteiger partial charge in [0.1, 0.15) is 6.17 Å². The Morgan fingerprint density at radius 1 is 1.73 bits per heavy atom. The smallest absolute Gasteiger partial charge is 0.117 e. The minimum Gasteiger partial charge on any atom is -0.328 e. The van der Waals surface area contributed by atoms with E-state index in [9.17, 15) is 4.39 Å². The van der Waals surface area contributed by atoms with Gasteiger partial charge in [-0.2, -0.15) is 0 Å². The van der Waals surface area contributed by atoms with Crippen LogP contribution in [0.25, 0.3) is 0 Å². The molecule has 0 aliphatic heterocycles. The predicted molar refractivity (Wildman–Crippen MR) is 49.7 cm³/mol. The number of nitrogens with two attached hydrogens (primary N) is 1. The van der Waals surface area contributed by atoms with E-state index in [0.717, 1.165) is 9.35 Å². The maximum Gasteiger partial charge on any atom is 0.117 e. The van der Waals surface area contributed by atoms with Gasteiger partial charge >= 0.3 is 0 Å². The van der Waals surface area contributed by atoms with Gasteiger partial charge in [0, 0.05) is 27.7 Å². The van der Waals surface area contributed by atoms with Gasteiger partial charge in [-0.25, -0.2) is 4.39 Å². The lowest BCUT2D eigenvalue weighted by Gasteiger charge is -2.00. The summed E-state index contributed by atoms with van der Waals surface area (Å²) in [5, 5.41) is 1.94. The fourth-order valence-electron chi connectivity index (χ4n) is 0.762. The fraction of sp³-hybridized carbons (Fsp3) is 0.429. The van der Waals surface area contributed by atoms with Crippen molar-refractivity contribution in [1.29, 1.82) is 0 Å². The Morgan fingerprint density at radius 2 is 2.45 bits per heavy atom. The summed E-state index contributed by atoms with van der Waals surface area (Å²) in [6.45, 7) is 0.107. The molecule has 0 saturated carbocycles. The standard InChI is InChI=1S/C7H9BrFNS/c8-5-1-7(11-4-5)2-6(9)3-10/h1,4,6H,2-3,10H2. The second-order valence-corrected chi connectivity index (χ2v) is 4.18. The Morgan fingerprint density at radius 3 is 2.91 bits per heavy atom. The van der Waals surface area contributed by atoms with E-state index in [0.29, 0.717) is 6.42 Å². The van der Waals surface area contributed by atoms with Crippen molar-refractivity contribution in [2.24, 2.45) is 5.73 Å². The van der Waals surface area contributed by atoms with Crippen molar-refractivity contribution in [3.8, 4) is 0 Å². The van der Waals surface area contributed by atoms with Crippen molar-refractivity contribution in [3.63, 3.8) is 0 Å². The number of rotatable bonds is 3. The SMILES string of the molecule is NCC(F)Cc1cc(Br)cs1. The van der Waals surface area contributed by atoms with E-state index in [-0.39, 0.29) is 6.54 Å². The average Bonchev–Trinajstić information content (AvgIpc) is 2.35. The molecule has 0 bridgehead atoms. The van der Waals surface area contributed by atoms with Crippen LogP contribution in [0, 0.1) is 0 Å². The zero-order valence-electron chi connectivity index (χ0n) is 5.89. The molecule has 0 aliphatic carbocycles. The highest BCUT2D eigenvalue weighted by Gasteiger charge is 2.06. The topological polar surface area (TPSA) is 26.0 Å². The van der Waals surface area contributed by atoms with Crippen LogP contribution in [0.4, 0.5) is 4.39 Å². The molecule has 11 heavy (non-hydrogen) atoms. The molecule has 1 atom stereocenters. The van der Waals surface area contributed by atoms with Gasteiger partial charge in [-0.05, 0) is 22.0 Å². The Kier molecular flexibility index (Phi) is 3.48. The molecule has 0 radical (unpaired) electrons. The van der Waals surface area contributed by atoms with E-state index in [4.69, 9.17) is 5.73 Å². The van der Waals surface area contributed by atoms with E-state index < -0.39 is 6.17 Å². The molecule has 1 aromatic heterocycles. The quantitative estimate of drug-likeness (QED) is 0.859. The largest absolute Gasteiger partial charge is 0.328 e. The second-order valence-electron chi connectivity index (χ2n) is 2.27. The summed E-state index contributed by atoms with van der Waals surface area (Å²) in [5.41, 5.74) is 5.14. The van der Waals surface area contributed by atoms with Gasteiger partial charge in [-0.15, -0.1) is 11.3 Å². The van der Waals surface area contributed by atoms with Crippen LogP contribution in [-0.2, 0) is 6.42 Å². The normalized spacial score (nSPS) is 13.4. The molecule has 0 amide bonds. The first kappa shape index (κ1) is 9.16. The average molecular weight is 238 g/mol. The summed E-state index contributed by atoms with van der Waals surface area (Å²) in [6, 6.07) is 1.92. The van der Waals surface area contributed by atoms with Crippen molar-refractivity contribution in [1.82, 2.24) is 0 Å². The minimum atomic E-state index is -0.902. The number of alkyl halides is 1. The summed E-state index contributed by atoms with van der Waals surface area (Å²) in [4.78, 5) is 1.04. The number of thiophene rings is 1. The first-order chi connectivity index (χ1) is 5.22. The number of hydrogen-bond donors (Lipinski definition) is 1. The van der Waals surface area contributed by atoms with Crippen LogP contribution >= 0.6 is 27.3 Å². The molecule has 1 unspecified atom stereocenters. The molecule has 0 saturated heterocycles. The van der Waals surface area contributed by atoms with Gasteiger partial charge in [0.2, 0.25) is 0 Å². The molecule has 1 nitrogen and oxygen atoms in total. The molecule has 1 aromatic rings. The molecule has 1 heterocycles. The maximum atomic E-state index is 12.7. The van der Waals surface area contributed by atoms with E-state index in [1.165, 1.54) is 0 Å². The molecule has 1 rings (SSSR count).